The zero-order chi connectivity index (χ0) is 15.9. The smallest absolute Gasteiger partial charge is 0.352 e. The molecule has 3 aromatic rings. The molecule has 0 radical (unpaired) electrons. The van der Waals surface area contributed by atoms with E-state index in [9.17, 15) is 14.3 Å². The Bertz CT molecular complexity index is 886. The van der Waals surface area contributed by atoms with E-state index in [0.29, 0.717) is 11.1 Å². The van der Waals surface area contributed by atoms with Crippen molar-refractivity contribution in [1.29, 1.82) is 0 Å². The molecule has 0 saturated carbocycles. The van der Waals surface area contributed by atoms with E-state index < -0.39 is 5.97 Å². The molecule has 0 aliphatic heterocycles. The molecule has 0 aliphatic carbocycles. The summed E-state index contributed by atoms with van der Waals surface area (Å²) in [5.41, 5.74) is 2.12. The summed E-state index contributed by atoms with van der Waals surface area (Å²) < 4.78 is 16.4. The molecular weight excluding hydrogens is 349 g/mol. The first-order chi connectivity index (χ1) is 10.5. The molecule has 0 amide bonds. The summed E-state index contributed by atoms with van der Waals surface area (Å²) in [6.07, 6.45) is 0. The third-order valence-electron chi connectivity index (χ3n) is 3.76. The molecule has 1 heterocycles. The number of aryl methyl sites for hydroxylation is 1. The van der Waals surface area contributed by atoms with E-state index in [0.717, 1.165) is 15.4 Å². The Morgan fingerprint density at radius 2 is 2.00 bits per heavy atom. The predicted molar refractivity (Wildman–Crippen MR) is 86.8 cm³/mol. The van der Waals surface area contributed by atoms with Gasteiger partial charge in [-0.05, 0) is 36.8 Å². The lowest BCUT2D eigenvalue weighted by Crippen LogP contribution is -2.11. The number of para-hydroxylation sites is 1. The lowest BCUT2D eigenvalue weighted by molar-refractivity contribution is 0.0685. The number of nitrogens with zero attached hydrogens (tertiary/aromatic N) is 1. The van der Waals surface area contributed by atoms with Gasteiger partial charge in [0.2, 0.25) is 0 Å². The van der Waals surface area contributed by atoms with Crippen molar-refractivity contribution in [2.75, 3.05) is 0 Å². The van der Waals surface area contributed by atoms with Gasteiger partial charge in [0.25, 0.3) is 0 Å². The topological polar surface area (TPSA) is 42.2 Å². The van der Waals surface area contributed by atoms with Crippen molar-refractivity contribution in [3.8, 4) is 0 Å². The van der Waals surface area contributed by atoms with Crippen molar-refractivity contribution in [2.24, 2.45) is 0 Å². The summed E-state index contributed by atoms with van der Waals surface area (Å²) in [5.74, 6) is -1.36. The van der Waals surface area contributed by atoms with Crippen LogP contribution in [0.3, 0.4) is 0 Å². The normalized spacial score (nSPS) is 11.0. The Balaban J connectivity index is 2.23. The van der Waals surface area contributed by atoms with E-state index in [1.54, 1.807) is 23.6 Å². The van der Waals surface area contributed by atoms with Crippen LogP contribution in [0.5, 0.6) is 0 Å². The van der Waals surface area contributed by atoms with Gasteiger partial charge in [-0.15, -0.1) is 0 Å². The molecule has 0 bridgehead atoms. The number of carbonyl (C=O) groups is 1. The zero-order valence-corrected chi connectivity index (χ0v) is 13.4. The molecule has 112 valence electrons. The number of carboxylic acids is 1. The molecular formula is C17H13BrFNO2. The van der Waals surface area contributed by atoms with E-state index in [4.69, 9.17) is 0 Å². The fourth-order valence-electron chi connectivity index (χ4n) is 2.75. The van der Waals surface area contributed by atoms with Crippen LogP contribution in [0.2, 0.25) is 0 Å². The fraction of sp³-hybridized carbons (Fsp3) is 0.118. The molecule has 22 heavy (non-hydrogen) atoms. The van der Waals surface area contributed by atoms with Gasteiger partial charge in [0.15, 0.2) is 0 Å². The summed E-state index contributed by atoms with van der Waals surface area (Å²) >= 11 is 3.32. The standard InChI is InChI=1S/C17H13BrFNO2/c1-10-13-4-2-3-5-15(13)20(16(10)17(21)22)9-11-8-12(18)6-7-14(11)19/h2-8H,9H2,1H3,(H,21,22). The number of fused-ring (bicyclic) bond motifs is 1. The highest BCUT2D eigenvalue weighted by atomic mass is 79.9. The quantitative estimate of drug-likeness (QED) is 0.740. The highest BCUT2D eigenvalue weighted by molar-refractivity contribution is 9.10. The fourth-order valence-corrected chi connectivity index (χ4v) is 3.16. The van der Waals surface area contributed by atoms with Crippen LogP contribution in [-0.4, -0.2) is 15.6 Å². The van der Waals surface area contributed by atoms with Gasteiger partial charge in [-0.3, -0.25) is 0 Å². The SMILES string of the molecule is Cc1c(C(=O)O)n(Cc2cc(Br)ccc2F)c2ccccc12. The number of aromatic nitrogens is 1. The third kappa shape index (κ3) is 2.41. The number of carboxylic acid groups (broad SMARTS) is 1. The van der Waals surface area contributed by atoms with Crippen LogP contribution in [0.1, 0.15) is 21.6 Å². The van der Waals surface area contributed by atoms with Crippen LogP contribution in [0.15, 0.2) is 46.9 Å². The van der Waals surface area contributed by atoms with E-state index in [1.807, 2.05) is 24.3 Å². The van der Waals surface area contributed by atoms with Gasteiger partial charge in [0.05, 0.1) is 6.54 Å². The Labute approximate surface area is 135 Å². The maximum absolute atomic E-state index is 14.0. The van der Waals surface area contributed by atoms with Crippen LogP contribution in [0.25, 0.3) is 10.9 Å². The average molecular weight is 362 g/mol. The summed E-state index contributed by atoms with van der Waals surface area (Å²) in [6.45, 7) is 1.95. The van der Waals surface area contributed by atoms with Crippen molar-refractivity contribution < 1.29 is 14.3 Å². The molecule has 0 unspecified atom stereocenters. The van der Waals surface area contributed by atoms with Crippen molar-refractivity contribution in [3.63, 3.8) is 0 Å². The van der Waals surface area contributed by atoms with E-state index >= 15 is 0 Å². The molecule has 0 spiro atoms. The van der Waals surface area contributed by atoms with E-state index in [2.05, 4.69) is 15.9 Å². The molecule has 0 aliphatic rings. The van der Waals surface area contributed by atoms with Crippen molar-refractivity contribution in [1.82, 2.24) is 4.57 Å². The second kappa shape index (κ2) is 5.57. The summed E-state index contributed by atoms with van der Waals surface area (Å²) in [7, 11) is 0. The van der Waals surface area contributed by atoms with Gasteiger partial charge in [-0.25, -0.2) is 9.18 Å². The maximum Gasteiger partial charge on any atom is 0.352 e. The molecule has 3 nitrogen and oxygen atoms in total. The summed E-state index contributed by atoms with van der Waals surface area (Å²) in [4.78, 5) is 11.6. The molecule has 1 aromatic heterocycles. The van der Waals surface area contributed by atoms with Crippen LogP contribution < -0.4 is 0 Å². The molecule has 0 saturated heterocycles. The van der Waals surface area contributed by atoms with Gasteiger partial charge < -0.3 is 9.67 Å². The Hall–Kier alpha value is -2.14. The lowest BCUT2D eigenvalue weighted by atomic mass is 10.1. The number of aromatic carboxylic acids is 1. The van der Waals surface area contributed by atoms with Gasteiger partial charge in [0.1, 0.15) is 11.5 Å². The largest absolute Gasteiger partial charge is 0.477 e. The zero-order valence-electron chi connectivity index (χ0n) is 11.8. The van der Waals surface area contributed by atoms with Crippen LogP contribution in [0.4, 0.5) is 4.39 Å². The van der Waals surface area contributed by atoms with Gasteiger partial charge >= 0.3 is 5.97 Å². The minimum atomic E-state index is -1.01. The first kappa shape index (κ1) is 14.8. The highest BCUT2D eigenvalue weighted by Crippen LogP contribution is 2.27. The number of hydrogen-bond donors (Lipinski definition) is 1. The molecule has 5 heteroatoms. The summed E-state index contributed by atoms with van der Waals surface area (Å²) in [5, 5.41) is 10.4. The first-order valence-corrected chi connectivity index (χ1v) is 7.53. The van der Waals surface area contributed by atoms with Gasteiger partial charge in [0, 0.05) is 20.9 Å². The highest BCUT2D eigenvalue weighted by Gasteiger charge is 2.20. The van der Waals surface area contributed by atoms with Crippen molar-refractivity contribution in [3.05, 3.63) is 69.6 Å². The number of hydrogen-bond acceptors (Lipinski definition) is 1. The van der Waals surface area contributed by atoms with Crippen LogP contribution in [0, 0.1) is 12.7 Å². The van der Waals surface area contributed by atoms with Crippen molar-refractivity contribution >= 4 is 32.8 Å². The lowest BCUT2D eigenvalue weighted by Gasteiger charge is -2.10. The number of rotatable bonds is 3. The summed E-state index contributed by atoms with van der Waals surface area (Å²) in [6, 6.07) is 12.1. The van der Waals surface area contributed by atoms with Crippen LogP contribution in [-0.2, 0) is 6.54 Å². The maximum atomic E-state index is 14.0. The second-order valence-corrected chi connectivity index (χ2v) is 6.03. The molecule has 3 rings (SSSR count). The minimum Gasteiger partial charge on any atom is -0.477 e. The molecule has 0 atom stereocenters. The third-order valence-corrected chi connectivity index (χ3v) is 4.26. The average Bonchev–Trinajstić information content (AvgIpc) is 2.76. The van der Waals surface area contributed by atoms with E-state index in [1.165, 1.54) is 6.07 Å². The van der Waals surface area contributed by atoms with E-state index in [-0.39, 0.29) is 18.1 Å². The number of benzene rings is 2. The molecule has 0 fully saturated rings. The van der Waals surface area contributed by atoms with Crippen LogP contribution >= 0.6 is 15.9 Å². The first-order valence-electron chi connectivity index (χ1n) is 6.74. The molecule has 2 aromatic carbocycles. The number of halogens is 2. The Kier molecular flexibility index (Phi) is 3.74. The Morgan fingerprint density at radius 1 is 1.27 bits per heavy atom. The second-order valence-electron chi connectivity index (χ2n) is 5.12. The predicted octanol–water partition coefficient (Wildman–Crippen LogP) is 4.60. The van der Waals surface area contributed by atoms with Gasteiger partial charge in [-0.2, -0.15) is 0 Å². The minimum absolute atomic E-state index is 0.168. The Morgan fingerprint density at radius 3 is 2.73 bits per heavy atom. The van der Waals surface area contributed by atoms with Gasteiger partial charge in [-0.1, -0.05) is 34.1 Å². The van der Waals surface area contributed by atoms with Crippen molar-refractivity contribution in [2.45, 2.75) is 13.5 Å². The molecule has 1 N–H and O–H groups in total. The monoisotopic (exact) mass is 361 g/mol.